The highest BCUT2D eigenvalue weighted by atomic mass is 32.2. The van der Waals surface area contributed by atoms with Crippen molar-refractivity contribution < 1.29 is 27.6 Å². The molecular weight excluding hydrogens is 528 g/mol. The van der Waals surface area contributed by atoms with Gasteiger partial charge in [0.1, 0.15) is 5.60 Å². The molecule has 4 atom stereocenters. The van der Waals surface area contributed by atoms with Crippen molar-refractivity contribution in [2.75, 3.05) is 26.0 Å². The number of fused-ring (bicyclic) bond motifs is 4. The monoisotopic (exact) mass is 566 g/mol. The Morgan fingerprint density at radius 2 is 1.93 bits per heavy atom. The van der Waals surface area contributed by atoms with E-state index in [0.717, 1.165) is 44.8 Å². The van der Waals surface area contributed by atoms with Crippen molar-refractivity contribution >= 4 is 21.0 Å². The number of aromatic nitrogens is 1. The standard InChI is InChI=1S/C30H34N2O3.CH4O3S/c1-3-14-34-30-16-21-20-6-4-5-7-22(20)31(2)26(21)28-29(30)12-13-32(17-18-8-9-18)24(30)15-19-10-11-23(33)27(35-28)25(19)29;1-5(2,3)4/h4-7,10-11,18,24,28,33H,3,8-9,12-17H2,1-2H3;1H3,(H,2,3,4)/t24-,28-,29-,30+;/m0./s1. The van der Waals surface area contributed by atoms with Gasteiger partial charge in [-0.2, -0.15) is 8.42 Å². The summed E-state index contributed by atoms with van der Waals surface area (Å²) in [4.78, 5) is 2.78. The van der Waals surface area contributed by atoms with Crippen LogP contribution in [0.2, 0.25) is 0 Å². The number of likely N-dealkylation sites (tertiary alicyclic amines) is 1. The van der Waals surface area contributed by atoms with Crippen LogP contribution in [0.1, 0.15) is 61.1 Å². The Kier molecular flexibility index (Phi) is 5.89. The van der Waals surface area contributed by atoms with Crippen LogP contribution in [0.5, 0.6) is 11.5 Å². The number of ether oxygens (including phenoxy) is 2. The van der Waals surface area contributed by atoms with Gasteiger partial charge in [-0.25, -0.2) is 0 Å². The van der Waals surface area contributed by atoms with E-state index in [1.807, 2.05) is 6.07 Å². The maximum absolute atomic E-state index is 11.0. The van der Waals surface area contributed by atoms with E-state index in [4.69, 9.17) is 14.0 Å². The molecule has 1 spiro atoms. The first-order valence-corrected chi connectivity index (χ1v) is 16.3. The molecule has 1 saturated heterocycles. The van der Waals surface area contributed by atoms with Gasteiger partial charge in [0.25, 0.3) is 10.1 Å². The number of piperidine rings is 1. The topological polar surface area (TPSA) is 101 Å². The molecule has 214 valence electrons. The maximum atomic E-state index is 11.0. The molecule has 0 amide bonds. The molecule has 3 aromatic rings. The van der Waals surface area contributed by atoms with Crippen LogP contribution in [0.4, 0.5) is 0 Å². The van der Waals surface area contributed by atoms with Crippen molar-refractivity contribution in [2.24, 2.45) is 13.0 Å². The minimum absolute atomic E-state index is 0.145. The molecule has 2 aliphatic heterocycles. The van der Waals surface area contributed by atoms with Crippen molar-refractivity contribution in [2.45, 2.75) is 68.6 Å². The van der Waals surface area contributed by atoms with Crippen molar-refractivity contribution in [3.05, 3.63) is 58.8 Å². The van der Waals surface area contributed by atoms with Gasteiger partial charge in [-0.05, 0) is 67.8 Å². The molecule has 2 bridgehead atoms. The number of hydrogen-bond acceptors (Lipinski definition) is 6. The minimum atomic E-state index is -3.67. The van der Waals surface area contributed by atoms with Crippen LogP contribution in [-0.4, -0.2) is 65.1 Å². The van der Waals surface area contributed by atoms with Crippen LogP contribution < -0.4 is 4.74 Å². The zero-order valence-corrected chi connectivity index (χ0v) is 24.2. The van der Waals surface area contributed by atoms with E-state index in [1.54, 1.807) is 0 Å². The second kappa shape index (κ2) is 8.95. The third-order valence-corrected chi connectivity index (χ3v) is 10.00. The summed E-state index contributed by atoms with van der Waals surface area (Å²) in [6.45, 7) is 5.24. The number of aromatic hydroxyl groups is 1. The fraction of sp³-hybridized carbons (Fsp3) is 0.548. The molecule has 0 radical (unpaired) electrons. The number of nitrogens with zero attached hydrogens (tertiary/aromatic N) is 2. The number of aryl methyl sites for hydroxylation is 1. The lowest BCUT2D eigenvalue weighted by molar-refractivity contribution is -0.205. The second-order valence-electron chi connectivity index (χ2n) is 12.4. The predicted molar refractivity (Wildman–Crippen MR) is 153 cm³/mol. The van der Waals surface area contributed by atoms with Gasteiger partial charge in [0.15, 0.2) is 17.6 Å². The molecule has 9 heteroatoms. The molecule has 1 aromatic heterocycles. The Bertz CT molecular complexity index is 1600. The van der Waals surface area contributed by atoms with Crippen LogP contribution in [0.15, 0.2) is 36.4 Å². The fourth-order valence-electron chi connectivity index (χ4n) is 8.46. The largest absolute Gasteiger partial charge is 0.504 e. The van der Waals surface area contributed by atoms with E-state index < -0.39 is 10.1 Å². The zero-order valence-electron chi connectivity index (χ0n) is 23.4. The molecule has 5 aliphatic rings. The summed E-state index contributed by atoms with van der Waals surface area (Å²) in [5.41, 5.74) is 5.88. The molecule has 2 fully saturated rings. The molecule has 0 unspecified atom stereocenters. The summed E-state index contributed by atoms with van der Waals surface area (Å²) in [7, 11) is -1.48. The molecule has 2 aromatic carbocycles. The number of para-hydroxylation sites is 1. The van der Waals surface area contributed by atoms with E-state index in [2.05, 4.69) is 53.8 Å². The average Bonchev–Trinajstić information content (AvgIpc) is 3.59. The summed E-state index contributed by atoms with van der Waals surface area (Å²) in [5.74, 6) is 1.83. The Hall–Kier alpha value is -2.59. The lowest BCUT2D eigenvalue weighted by atomic mass is 9.48. The second-order valence-corrected chi connectivity index (χ2v) is 13.9. The van der Waals surface area contributed by atoms with Crippen LogP contribution in [-0.2, 0) is 40.2 Å². The predicted octanol–water partition coefficient (Wildman–Crippen LogP) is 4.52. The minimum Gasteiger partial charge on any atom is -0.504 e. The quantitative estimate of drug-likeness (QED) is 0.438. The first-order valence-electron chi connectivity index (χ1n) is 14.5. The van der Waals surface area contributed by atoms with Gasteiger partial charge in [-0.3, -0.25) is 9.45 Å². The first kappa shape index (κ1) is 26.3. The van der Waals surface area contributed by atoms with Gasteiger partial charge in [-0.1, -0.05) is 31.2 Å². The summed E-state index contributed by atoms with van der Waals surface area (Å²) in [5, 5.41) is 12.3. The first-order chi connectivity index (χ1) is 19.1. The third-order valence-electron chi connectivity index (χ3n) is 10.00. The highest BCUT2D eigenvalue weighted by molar-refractivity contribution is 7.85. The number of phenols is 1. The molecule has 3 heterocycles. The number of hydrogen-bond donors (Lipinski definition) is 2. The van der Waals surface area contributed by atoms with Gasteiger partial charge < -0.3 is 19.1 Å². The highest BCUT2D eigenvalue weighted by Gasteiger charge is 2.74. The van der Waals surface area contributed by atoms with Crippen molar-refractivity contribution in [3.63, 3.8) is 0 Å². The number of rotatable bonds is 5. The van der Waals surface area contributed by atoms with E-state index in [-0.39, 0.29) is 22.9 Å². The lowest BCUT2D eigenvalue weighted by Crippen LogP contribution is -2.75. The normalized spacial score (nSPS) is 29.8. The zero-order chi connectivity index (χ0) is 28.0. The van der Waals surface area contributed by atoms with E-state index in [1.165, 1.54) is 52.7 Å². The van der Waals surface area contributed by atoms with E-state index in [0.29, 0.717) is 18.0 Å². The molecule has 3 aliphatic carbocycles. The van der Waals surface area contributed by atoms with Gasteiger partial charge in [0, 0.05) is 49.1 Å². The van der Waals surface area contributed by atoms with Gasteiger partial charge in [0.05, 0.1) is 17.4 Å². The maximum Gasteiger partial charge on any atom is 0.261 e. The van der Waals surface area contributed by atoms with E-state index >= 15 is 0 Å². The molecular formula is C31H38N2O6S. The van der Waals surface area contributed by atoms with Crippen LogP contribution in [0, 0.1) is 5.92 Å². The van der Waals surface area contributed by atoms with Gasteiger partial charge in [0.2, 0.25) is 0 Å². The van der Waals surface area contributed by atoms with Crippen LogP contribution in [0.3, 0.4) is 0 Å². The average molecular weight is 567 g/mol. The summed E-state index contributed by atoms with van der Waals surface area (Å²) in [6, 6.07) is 13.1. The van der Waals surface area contributed by atoms with Crippen molar-refractivity contribution in [1.29, 1.82) is 0 Å². The highest BCUT2D eigenvalue weighted by Crippen LogP contribution is 2.70. The Morgan fingerprint density at radius 3 is 2.65 bits per heavy atom. The van der Waals surface area contributed by atoms with Gasteiger partial charge in [-0.15, -0.1) is 0 Å². The number of phenolic OH excluding ortho intramolecular Hbond substituents is 1. The Morgan fingerprint density at radius 1 is 1.18 bits per heavy atom. The summed E-state index contributed by atoms with van der Waals surface area (Å²) >= 11 is 0. The molecule has 8 nitrogen and oxygen atoms in total. The van der Waals surface area contributed by atoms with Crippen molar-refractivity contribution in [3.8, 4) is 11.5 Å². The fourth-order valence-corrected chi connectivity index (χ4v) is 8.46. The van der Waals surface area contributed by atoms with E-state index in [9.17, 15) is 13.5 Å². The number of benzene rings is 2. The third kappa shape index (κ3) is 3.63. The molecule has 40 heavy (non-hydrogen) atoms. The Labute approximate surface area is 235 Å². The lowest BCUT2D eigenvalue weighted by Gasteiger charge is -2.64. The summed E-state index contributed by atoms with van der Waals surface area (Å²) < 4.78 is 42.4. The molecule has 1 saturated carbocycles. The van der Waals surface area contributed by atoms with Crippen LogP contribution in [0.25, 0.3) is 10.9 Å². The SMILES string of the molecule is CCCO[C@@]12Cc3c(n(C)c4ccccc34)[C@@H]3Oc4c(O)ccc5c4[C@@]31CCN(CC1CC1)[C@H]2C5.CS(=O)(=O)O. The van der Waals surface area contributed by atoms with Crippen molar-refractivity contribution in [1.82, 2.24) is 9.47 Å². The smallest absolute Gasteiger partial charge is 0.261 e. The Balaban J connectivity index is 0.000000490. The summed E-state index contributed by atoms with van der Waals surface area (Å²) in [6.07, 6.45) is 7.19. The van der Waals surface area contributed by atoms with Crippen LogP contribution >= 0.6 is 0 Å². The molecule has 2 N–H and O–H groups in total. The molecule has 8 rings (SSSR count). The van der Waals surface area contributed by atoms with Gasteiger partial charge >= 0.3 is 0 Å².